The smallest absolute Gasteiger partial charge is 0.253 e. The summed E-state index contributed by atoms with van der Waals surface area (Å²) in [7, 11) is -3.59. The standard InChI is InChI=1S/C15H25N3O3S2.ClH/c1-2-3-6-12(11-16)17-15(19)13-7-4-9-18(13)23(20,21)14-8-5-10-22-14;/h5,8,10,12-13H,2-4,6-7,9,11,16H2,1H3,(H,17,19);1H. The SMILES string of the molecule is CCCCC(CN)NC(=O)C1CCCN1S(=O)(=O)c1cccs1.Cl. The average molecular weight is 396 g/mol. The van der Waals surface area contributed by atoms with Crippen molar-refractivity contribution in [1.82, 2.24) is 9.62 Å². The summed E-state index contributed by atoms with van der Waals surface area (Å²) in [5, 5.41) is 4.65. The number of sulfonamides is 1. The fourth-order valence-electron chi connectivity index (χ4n) is 2.81. The van der Waals surface area contributed by atoms with Gasteiger partial charge in [-0.05, 0) is 30.7 Å². The molecular formula is C15H26ClN3O3S2. The van der Waals surface area contributed by atoms with Crippen LogP contribution in [-0.2, 0) is 14.8 Å². The second-order valence-corrected chi connectivity index (χ2v) is 8.85. The van der Waals surface area contributed by atoms with Crippen molar-refractivity contribution in [3.63, 3.8) is 0 Å². The quantitative estimate of drug-likeness (QED) is 0.703. The van der Waals surface area contributed by atoms with E-state index in [9.17, 15) is 13.2 Å². The number of nitrogens with zero attached hydrogens (tertiary/aromatic N) is 1. The number of amides is 1. The topological polar surface area (TPSA) is 92.5 Å². The zero-order valence-corrected chi connectivity index (χ0v) is 16.3. The molecule has 0 radical (unpaired) electrons. The Kier molecular flexibility index (Phi) is 8.66. The first-order valence-corrected chi connectivity index (χ1v) is 10.4. The van der Waals surface area contributed by atoms with Crippen molar-refractivity contribution in [2.45, 2.75) is 55.3 Å². The first kappa shape index (κ1) is 21.4. The zero-order chi connectivity index (χ0) is 16.9. The van der Waals surface area contributed by atoms with Crippen LogP contribution in [0.3, 0.4) is 0 Å². The summed E-state index contributed by atoms with van der Waals surface area (Å²) in [5.41, 5.74) is 5.71. The summed E-state index contributed by atoms with van der Waals surface area (Å²) in [4.78, 5) is 12.5. The Labute approximate surface area is 154 Å². The molecule has 1 aliphatic heterocycles. The molecule has 1 amide bonds. The highest BCUT2D eigenvalue weighted by Gasteiger charge is 2.40. The highest BCUT2D eigenvalue weighted by atomic mass is 35.5. The second kappa shape index (κ2) is 9.72. The van der Waals surface area contributed by atoms with E-state index in [-0.39, 0.29) is 24.4 Å². The molecule has 138 valence electrons. The van der Waals surface area contributed by atoms with Crippen LogP contribution in [0.2, 0.25) is 0 Å². The van der Waals surface area contributed by atoms with Gasteiger partial charge in [0, 0.05) is 19.1 Å². The molecule has 0 bridgehead atoms. The van der Waals surface area contributed by atoms with Crippen molar-refractivity contribution in [3.05, 3.63) is 17.5 Å². The minimum absolute atomic E-state index is 0. The third-order valence-corrected chi connectivity index (χ3v) is 7.38. The monoisotopic (exact) mass is 395 g/mol. The van der Waals surface area contributed by atoms with Crippen LogP contribution >= 0.6 is 23.7 Å². The summed E-state index contributed by atoms with van der Waals surface area (Å²) >= 11 is 1.18. The van der Waals surface area contributed by atoms with E-state index in [1.54, 1.807) is 17.5 Å². The van der Waals surface area contributed by atoms with Crippen molar-refractivity contribution >= 4 is 39.7 Å². The number of halogens is 1. The molecule has 2 rings (SSSR count). The molecular weight excluding hydrogens is 370 g/mol. The molecule has 0 saturated carbocycles. The summed E-state index contributed by atoms with van der Waals surface area (Å²) in [6, 6.07) is 2.57. The van der Waals surface area contributed by atoms with Crippen molar-refractivity contribution in [2.75, 3.05) is 13.1 Å². The number of hydrogen-bond donors (Lipinski definition) is 2. The van der Waals surface area contributed by atoms with Crippen LogP contribution in [0.15, 0.2) is 21.7 Å². The summed E-state index contributed by atoms with van der Waals surface area (Å²) in [6.07, 6.45) is 4.11. The summed E-state index contributed by atoms with van der Waals surface area (Å²) in [5.74, 6) is -0.228. The van der Waals surface area contributed by atoms with Gasteiger partial charge < -0.3 is 11.1 Å². The van der Waals surface area contributed by atoms with E-state index in [1.807, 2.05) is 0 Å². The van der Waals surface area contributed by atoms with Gasteiger partial charge in [-0.2, -0.15) is 4.31 Å². The first-order valence-electron chi connectivity index (χ1n) is 8.06. The van der Waals surface area contributed by atoms with E-state index < -0.39 is 16.1 Å². The molecule has 2 heterocycles. The first-order chi connectivity index (χ1) is 11.0. The molecule has 24 heavy (non-hydrogen) atoms. The number of rotatable bonds is 8. The Hall–Kier alpha value is -0.670. The van der Waals surface area contributed by atoms with E-state index in [1.165, 1.54) is 15.6 Å². The number of carbonyl (C=O) groups excluding carboxylic acids is 1. The lowest BCUT2D eigenvalue weighted by atomic mass is 10.1. The van der Waals surface area contributed by atoms with Gasteiger partial charge in [0.25, 0.3) is 10.0 Å². The summed E-state index contributed by atoms with van der Waals surface area (Å²) < 4.78 is 27.0. The van der Waals surface area contributed by atoms with E-state index in [0.29, 0.717) is 30.1 Å². The molecule has 1 fully saturated rings. The van der Waals surface area contributed by atoms with Crippen LogP contribution in [0, 0.1) is 0 Å². The summed E-state index contributed by atoms with van der Waals surface area (Å²) in [6.45, 7) is 2.85. The van der Waals surface area contributed by atoms with Crippen molar-refractivity contribution in [2.24, 2.45) is 5.73 Å². The molecule has 2 atom stereocenters. The molecule has 6 nitrogen and oxygen atoms in total. The Morgan fingerprint density at radius 2 is 2.29 bits per heavy atom. The zero-order valence-electron chi connectivity index (χ0n) is 13.8. The Balaban J connectivity index is 0.00000288. The molecule has 1 aromatic rings. The Morgan fingerprint density at radius 1 is 1.54 bits per heavy atom. The molecule has 0 aliphatic carbocycles. The molecule has 9 heteroatoms. The minimum Gasteiger partial charge on any atom is -0.351 e. The van der Waals surface area contributed by atoms with Crippen LogP contribution in [-0.4, -0.2) is 43.8 Å². The maximum absolute atomic E-state index is 12.7. The van der Waals surface area contributed by atoms with Crippen LogP contribution < -0.4 is 11.1 Å². The lowest BCUT2D eigenvalue weighted by Crippen LogP contribution is -2.50. The highest BCUT2D eigenvalue weighted by molar-refractivity contribution is 7.91. The van der Waals surface area contributed by atoms with E-state index >= 15 is 0 Å². The Morgan fingerprint density at radius 3 is 2.88 bits per heavy atom. The third-order valence-electron chi connectivity index (χ3n) is 4.10. The van der Waals surface area contributed by atoms with Gasteiger partial charge in [0.05, 0.1) is 0 Å². The maximum atomic E-state index is 12.7. The van der Waals surface area contributed by atoms with Crippen LogP contribution in [0.25, 0.3) is 0 Å². The van der Waals surface area contributed by atoms with Gasteiger partial charge in [0.1, 0.15) is 10.3 Å². The van der Waals surface area contributed by atoms with E-state index in [4.69, 9.17) is 5.73 Å². The number of nitrogens with two attached hydrogens (primary N) is 1. The highest BCUT2D eigenvalue weighted by Crippen LogP contribution is 2.28. The fraction of sp³-hybridized carbons (Fsp3) is 0.667. The Bertz CT molecular complexity index is 607. The average Bonchev–Trinajstić information content (AvgIpc) is 3.22. The number of hydrogen-bond acceptors (Lipinski definition) is 5. The second-order valence-electron chi connectivity index (χ2n) is 5.79. The lowest BCUT2D eigenvalue weighted by Gasteiger charge is -2.25. The predicted molar refractivity (Wildman–Crippen MR) is 99.0 cm³/mol. The third kappa shape index (κ3) is 4.92. The van der Waals surface area contributed by atoms with Gasteiger partial charge in [-0.3, -0.25) is 4.79 Å². The van der Waals surface area contributed by atoms with Gasteiger partial charge in [0.15, 0.2) is 0 Å². The molecule has 1 aliphatic rings. The van der Waals surface area contributed by atoms with Crippen LogP contribution in [0.4, 0.5) is 0 Å². The van der Waals surface area contributed by atoms with Crippen LogP contribution in [0.1, 0.15) is 39.0 Å². The van der Waals surface area contributed by atoms with Crippen LogP contribution in [0.5, 0.6) is 0 Å². The maximum Gasteiger partial charge on any atom is 0.253 e. The van der Waals surface area contributed by atoms with Crippen molar-refractivity contribution in [3.8, 4) is 0 Å². The normalized spacial score (nSPS) is 19.7. The predicted octanol–water partition coefficient (Wildman–Crippen LogP) is 1.96. The van der Waals surface area contributed by atoms with E-state index in [0.717, 1.165) is 19.3 Å². The van der Waals surface area contributed by atoms with Gasteiger partial charge in [0.2, 0.25) is 5.91 Å². The molecule has 0 spiro atoms. The molecule has 0 aromatic carbocycles. The van der Waals surface area contributed by atoms with Gasteiger partial charge in [-0.1, -0.05) is 25.8 Å². The van der Waals surface area contributed by atoms with Crippen molar-refractivity contribution in [1.29, 1.82) is 0 Å². The van der Waals surface area contributed by atoms with Crippen molar-refractivity contribution < 1.29 is 13.2 Å². The fourth-order valence-corrected chi connectivity index (χ4v) is 5.59. The molecule has 3 N–H and O–H groups in total. The van der Waals surface area contributed by atoms with E-state index in [2.05, 4.69) is 12.2 Å². The van der Waals surface area contributed by atoms with Gasteiger partial charge in [-0.25, -0.2) is 8.42 Å². The number of nitrogens with one attached hydrogen (secondary N) is 1. The largest absolute Gasteiger partial charge is 0.351 e. The number of thiophene rings is 1. The number of carbonyl (C=O) groups is 1. The molecule has 2 unspecified atom stereocenters. The van der Waals surface area contributed by atoms with Gasteiger partial charge >= 0.3 is 0 Å². The minimum atomic E-state index is -3.59. The molecule has 1 aromatic heterocycles. The lowest BCUT2D eigenvalue weighted by molar-refractivity contribution is -0.124. The van der Waals surface area contributed by atoms with Gasteiger partial charge in [-0.15, -0.1) is 23.7 Å². The number of unbranched alkanes of at least 4 members (excludes halogenated alkanes) is 1. The molecule has 1 saturated heterocycles.